The van der Waals surface area contributed by atoms with E-state index < -0.39 is 5.82 Å². The fourth-order valence-corrected chi connectivity index (χ4v) is 1.95. The van der Waals surface area contributed by atoms with E-state index in [-0.39, 0.29) is 18.0 Å². The lowest BCUT2D eigenvalue weighted by Gasteiger charge is -2.11. The van der Waals surface area contributed by atoms with E-state index in [1.165, 1.54) is 25.1 Å². The van der Waals surface area contributed by atoms with Gasteiger partial charge in [0.05, 0.1) is 17.2 Å². The maximum absolute atomic E-state index is 13.7. The van der Waals surface area contributed by atoms with Crippen LogP contribution in [0.1, 0.15) is 34.0 Å². The maximum Gasteiger partial charge on any atom is 0.163 e. The highest BCUT2D eigenvalue weighted by molar-refractivity contribution is 5.96. The van der Waals surface area contributed by atoms with Crippen molar-refractivity contribution in [3.8, 4) is 11.8 Å². The highest BCUT2D eigenvalue weighted by Crippen LogP contribution is 2.23. The van der Waals surface area contributed by atoms with Crippen molar-refractivity contribution in [2.24, 2.45) is 0 Å². The van der Waals surface area contributed by atoms with Gasteiger partial charge in [-0.05, 0) is 49.7 Å². The number of rotatable bonds is 4. The molecule has 0 spiro atoms. The molecule has 0 amide bonds. The number of carbonyl (C=O) groups excluding carboxylic acids is 1. The largest absolute Gasteiger partial charge is 0.488 e. The van der Waals surface area contributed by atoms with Gasteiger partial charge in [0.1, 0.15) is 18.2 Å². The average molecular weight is 283 g/mol. The van der Waals surface area contributed by atoms with E-state index in [4.69, 9.17) is 10.00 Å². The number of nitriles is 1. The number of aryl methyl sites for hydroxylation is 1. The summed E-state index contributed by atoms with van der Waals surface area (Å²) >= 11 is 0. The molecular weight excluding hydrogens is 269 g/mol. The third kappa shape index (κ3) is 3.46. The molecule has 106 valence electrons. The molecule has 0 radical (unpaired) electrons. The van der Waals surface area contributed by atoms with Crippen LogP contribution in [0.15, 0.2) is 36.4 Å². The van der Waals surface area contributed by atoms with Crippen LogP contribution in [0.3, 0.4) is 0 Å². The van der Waals surface area contributed by atoms with Crippen molar-refractivity contribution < 1.29 is 13.9 Å². The third-order valence-electron chi connectivity index (χ3n) is 3.07. The minimum absolute atomic E-state index is 0.0366. The van der Waals surface area contributed by atoms with Gasteiger partial charge in [0.15, 0.2) is 5.78 Å². The fraction of sp³-hybridized carbons (Fsp3) is 0.176. The van der Waals surface area contributed by atoms with Crippen molar-refractivity contribution in [1.82, 2.24) is 0 Å². The summed E-state index contributed by atoms with van der Waals surface area (Å²) in [6.45, 7) is 3.30. The quantitative estimate of drug-likeness (QED) is 0.802. The van der Waals surface area contributed by atoms with Gasteiger partial charge in [-0.1, -0.05) is 6.07 Å². The first-order valence-corrected chi connectivity index (χ1v) is 6.44. The monoisotopic (exact) mass is 283 g/mol. The second-order valence-electron chi connectivity index (χ2n) is 4.76. The third-order valence-corrected chi connectivity index (χ3v) is 3.07. The zero-order chi connectivity index (χ0) is 15.4. The van der Waals surface area contributed by atoms with E-state index in [9.17, 15) is 9.18 Å². The van der Waals surface area contributed by atoms with E-state index in [2.05, 4.69) is 0 Å². The molecule has 0 aliphatic rings. The molecule has 0 atom stereocenters. The minimum atomic E-state index is -0.439. The summed E-state index contributed by atoms with van der Waals surface area (Å²) in [5, 5.41) is 8.83. The Hall–Kier alpha value is -2.67. The lowest BCUT2D eigenvalue weighted by atomic mass is 10.1. The van der Waals surface area contributed by atoms with Crippen molar-refractivity contribution in [2.45, 2.75) is 20.5 Å². The second-order valence-corrected chi connectivity index (χ2v) is 4.76. The van der Waals surface area contributed by atoms with Gasteiger partial charge in [0.25, 0.3) is 0 Å². The number of benzene rings is 2. The molecule has 0 fully saturated rings. The molecule has 0 unspecified atom stereocenters. The Morgan fingerprint density at radius 3 is 2.71 bits per heavy atom. The molecule has 0 N–H and O–H groups in total. The molecule has 0 aromatic heterocycles. The summed E-state index contributed by atoms with van der Waals surface area (Å²) in [6, 6.07) is 11.3. The summed E-state index contributed by atoms with van der Waals surface area (Å²) in [5.41, 5.74) is 2.05. The van der Waals surface area contributed by atoms with Gasteiger partial charge in [0, 0.05) is 5.56 Å². The molecule has 0 aliphatic carbocycles. The highest BCUT2D eigenvalue weighted by Gasteiger charge is 2.10. The fourth-order valence-electron chi connectivity index (χ4n) is 1.95. The first-order chi connectivity index (χ1) is 10.0. The van der Waals surface area contributed by atoms with Crippen LogP contribution in [-0.2, 0) is 6.61 Å². The standard InChI is InChI=1S/C17H14FNO2/c1-11-3-5-15(12(2)20)17(7-11)21-10-14-8-13(9-19)4-6-16(14)18/h3-8H,10H2,1-2H3. The molecule has 0 heterocycles. The van der Waals surface area contributed by atoms with E-state index >= 15 is 0 Å². The average Bonchev–Trinajstić information content (AvgIpc) is 2.46. The van der Waals surface area contributed by atoms with E-state index in [0.717, 1.165) is 5.56 Å². The van der Waals surface area contributed by atoms with E-state index in [0.29, 0.717) is 16.9 Å². The zero-order valence-electron chi connectivity index (χ0n) is 11.8. The van der Waals surface area contributed by atoms with Crippen molar-refractivity contribution in [3.05, 3.63) is 64.5 Å². The topological polar surface area (TPSA) is 50.1 Å². The Kier molecular flexibility index (Phi) is 4.34. The Balaban J connectivity index is 2.26. The van der Waals surface area contributed by atoms with Gasteiger partial charge < -0.3 is 4.74 Å². The lowest BCUT2D eigenvalue weighted by molar-refractivity contribution is 0.101. The Bertz CT molecular complexity index is 732. The molecule has 4 heteroatoms. The van der Waals surface area contributed by atoms with Crippen LogP contribution in [0.25, 0.3) is 0 Å². The Morgan fingerprint density at radius 1 is 1.29 bits per heavy atom. The Morgan fingerprint density at radius 2 is 2.05 bits per heavy atom. The first kappa shape index (κ1) is 14.7. The molecule has 0 saturated heterocycles. The number of halogens is 1. The van der Waals surface area contributed by atoms with Crippen molar-refractivity contribution >= 4 is 5.78 Å². The smallest absolute Gasteiger partial charge is 0.163 e. The molecule has 2 aromatic rings. The van der Waals surface area contributed by atoms with Gasteiger partial charge >= 0.3 is 0 Å². The summed E-state index contributed by atoms with van der Waals surface area (Å²) in [7, 11) is 0. The van der Waals surface area contributed by atoms with Gasteiger partial charge in [-0.15, -0.1) is 0 Å². The van der Waals surface area contributed by atoms with Gasteiger partial charge in [-0.2, -0.15) is 5.26 Å². The molecule has 21 heavy (non-hydrogen) atoms. The van der Waals surface area contributed by atoms with Gasteiger partial charge in [-0.3, -0.25) is 4.79 Å². The van der Waals surface area contributed by atoms with Crippen LogP contribution >= 0.6 is 0 Å². The molecule has 2 rings (SSSR count). The summed E-state index contributed by atoms with van der Waals surface area (Å²) in [6.07, 6.45) is 0. The summed E-state index contributed by atoms with van der Waals surface area (Å²) in [5.74, 6) is -0.133. The SMILES string of the molecule is CC(=O)c1ccc(C)cc1OCc1cc(C#N)ccc1F. The van der Waals surface area contributed by atoms with Gasteiger partial charge in [-0.25, -0.2) is 4.39 Å². The number of ketones is 1. The number of ether oxygens (including phenoxy) is 1. The summed E-state index contributed by atoms with van der Waals surface area (Å²) < 4.78 is 19.3. The van der Waals surface area contributed by atoms with E-state index in [1.54, 1.807) is 12.1 Å². The lowest BCUT2D eigenvalue weighted by Crippen LogP contribution is -2.04. The van der Waals surface area contributed by atoms with Crippen molar-refractivity contribution in [2.75, 3.05) is 0 Å². The van der Waals surface area contributed by atoms with Crippen LogP contribution in [-0.4, -0.2) is 5.78 Å². The summed E-state index contributed by atoms with van der Waals surface area (Å²) in [4.78, 5) is 11.6. The predicted molar refractivity (Wildman–Crippen MR) is 76.6 cm³/mol. The second kappa shape index (κ2) is 6.19. The molecule has 0 saturated carbocycles. The maximum atomic E-state index is 13.7. The van der Waals surface area contributed by atoms with Crippen LogP contribution in [0, 0.1) is 24.1 Å². The minimum Gasteiger partial charge on any atom is -0.488 e. The number of carbonyl (C=O) groups is 1. The normalized spacial score (nSPS) is 10.0. The number of Topliss-reactive ketones (excluding diaryl/α,β-unsaturated/α-hetero) is 1. The van der Waals surface area contributed by atoms with Crippen molar-refractivity contribution in [3.63, 3.8) is 0 Å². The van der Waals surface area contributed by atoms with Crippen molar-refractivity contribution in [1.29, 1.82) is 5.26 Å². The van der Waals surface area contributed by atoms with Crippen LogP contribution in [0.4, 0.5) is 4.39 Å². The Labute approximate surface area is 122 Å². The number of hydrogen-bond acceptors (Lipinski definition) is 3. The first-order valence-electron chi connectivity index (χ1n) is 6.44. The highest BCUT2D eigenvalue weighted by atomic mass is 19.1. The number of nitrogens with zero attached hydrogens (tertiary/aromatic N) is 1. The zero-order valence-corrected chi connectivity index (χ0v) is 11.8. The predicted octanol–water partition coefficient (Wildman–Crippen LogP) is 3.79. The van der Waals surface area contributed by atoms with E-state index in [1.807, 2.05) is 19.1 Å². The molecule has 2 aromatic carbocycles. The van der Waals surface area contributed by atoms with Crippen LogP contribution in [0.2, 0.25) is 0 Å². The van der Waals surface area contributed by atoms with Gasteiger partial charge in [0.2, 0.25) is 0 Å². The molecule has 0 bridgehead atoms. The molecule has 0 aliphatic heterocycles. The van der Waals surface area contributed by atoms with Crippen LogP contribution < -0.4 is 4.74 Å². The molecule has 3 nitrogen and oxygen atoms in total. The van der Waals surface area contributed by atoms with Crippen LogP contribution in [0.5, 0.6) is 5.75 Å². The molecular formula is C17H14FNO2. The number of hydrogen-bond donors (Lipinski definition) is 0.